The van der Waals surface area contributed by atoms with Crippen LogP contribution in [0.4, 0.5) is 14.5 Å². The van der Waals surface area contributed by atoms with Crippen molar-refractivity contribution in [1.82, 2.24) is 9.78 Å². The second-order valence-corrected chi connectivity index (χ2v) is 5.44. The van der Waals surface area contributed by atoms with Gasteiger partial charge in [-0.1, -0.05) is 0 Å². The van der Waals surface area contributed by atoms with Gasteiger partial charge in [0.15, 0.2) is 11.6 Å². The van der Waals surface area contributed by atoms with E-state index in [4.69, 9.17) is 0 Å². The first-order chi connectivity index (χ1) is 10.5. The van der Waals surface area contributed by atoms with Gasteiger partial charge in [-0.25, -0.2) is 8.78 Å². The number of halogens is 2. The minimum atomic E-state index is -0.932. The van der Waals surface area contributed by atoms with Gasteiger partial charge in [0.2, 0.25) is 0 Å². The minimum Gasteiger partial charge on any atom is -0.307 e. The zero-order valence-corrected chi connectivity index (χ0v) is 12.6. The van der Waals surface area contributed by atoms with E-state index in [1.165, 1.54) is 11.0 Å². The van der Waals surface area contributed by atoms with Gasteiger partial charge in [-0.2, -0.15) is 5.10 Å². The summed E-state index contributed by atoms with van der Waals surface area (Å²) >= 11 is 0. The molecule has 0 atom stereocenters. The molecule has 0 radical (unpaired) electrons. The average Bonchev–Trinajstić information content (AvgIpc) is 2.88. The standard InChI is InChI=1S/C16H17F2N3O/c1-3-21-15(7-10(2)19-21)16(22)20-6-4-5-11-8-12(17)13(18)9-14(11)20/h7-9H,3-6H2,1-2H3. The van der Waals surface area contributed by atoms with Crippen molar-refractivity contribution in [2.75, 3.05) is 11.4 Å². The Morgan fingerprint density at radius 1 is 1.27 bits per heavy atom. The van der Waals surface area contributed by atoms with E-state index in [-0.39, 0.29) is 5.91 Å². The van der Waals surface area contributed by atoms with E-state index < -0.39 is 11.6 Å². The Balaban J connectivity index is 2.03. The van der Waals surface area contributed by atoms with Crippen LogP contribution >= 0.6 is 0 Å². The van der Waals surface area contributed by atoms with Crippen molar-refractivity contribution in [2.45, 2.75) is 33.2 Å². The fourth-order valence-corrected chi connectivity index (χ4v) is 2.89. The number of fused-ring (bicyclic) bond motifs is 1. The van der Waals surface area contributed by atoms with Gasteiger partial charge >= 0.3 is 0 Å². The fraction of sp³-hybridized carbons (Fsp3) is 0.375. The number of hydrogen-bond acceptors (Lipinski definition) is 2. The van der Waals surface area contributed by atoms with E-state index in [1.54, 1.807) is 10.7 Å². The molecule has 0 saturated heterocycles. The van der Waals surface area contributed by atoms with Crippen LogP contribution in [0.3, 0.4) is 0 Å². The monoisotopic (exact) mass is 305 g/mol. The van der Waals surface area contributed by atoms with Gasteiger partial charge < -0.3 is 4.90 Å². The van der Waals surface area contributed by atoms with Gasteiger partial charge in [0.1, 0.15) is 5.69 Å². The molecule has 3 rings (SSSR count). The second-order valence-electron chi connectivity index (χ2n) is 5.44. The lowest BCUT2D eigenvalue weighted by Gasteiger charge is -2.29. The van der Waals surface area contributed by atoms with E-state index in [0.717, 1.165) is 18.2 Å². The average molecular weight is 305 g/mol. The van der Waals surface area contributed by atoms with Gasteiger partial charge in [-0.05, 0) is 44.4 Å². The van der Waals surface area contributed by atoms with Crippen LogP contribution in [-0.4, -0.2) is 22.2 Å². The molecule has 22 heavy (non-hydrogen) atoms. The number of carbonyl (C=O) groups excluding carboxylic acids is 1. The molecule has 2 aromatic rings. The van der Waals surface area contributed by atoms with Crippen molar-refractivity contribution in [3.63, 3.8) is 0 Å². The fourth-order valence-electron chi connectivity index (χ4n) is 2.89. The number of amides is 1. The summed E-state index contributed by atoms with van der Waals surface area (Å²) in [6, 6.07) is 4.02. The Morgan fingerprint density at radius 3 is 2.73 bits per heavy atom. The summed E-state index contributed by atoms with van der Waals surface area (Å²) in [4.78, 5) is 14.3. The van der Waals surface area contributed by atoms with E-state index >= 15 is 0 Å². The first-order valence-corrected chi connectivity index (χ1v) is 7.35. The molecule has 1 amide bonds. The van der Waals surface area contributed by atoms with E-state index in [9.17, 15) is 13.6 Å². The molecule has 1 aliphatic heterocycles. The highest BCUT2D eigenvalue weighted by Gasteiger charge is 2.27. The van der Waals surface area contributed by atoms with Crippen LogP contribution in [0.25, 0.3) is 0 Å². The lowest BCUT2D eigenvalue weighted by Crippen LogP contribution is -2.37. The molecular formula is C16H17F2N3O. The largest absolute Gasteiger partial charge is 0.307 e. The molecule has 4 nitrogen and oxygen atoms in total. The number of aryl methyl sites for hydroxylation is 3. The van der Waals surface area contributed by atoms with Crippen molar-refractivity contribution >= 4 is 11.6 Å². The SMILES string of the molecule is CCn1nc(C)cc1C(=O)N1CCCc2cc(F)c(F)cc21. The second kappa shape index (κ2) is 5.51. The van der Waals surface area contributed by atoms with Crippen molar-refractivity contribution in [1.29, 1.82) is 0 Å². The number of aromatic nitrogens is 2. The molecule has 0 N–H and O–H groups in total. The van der Waals surface area contributed by atoms with Crippen molar-refractivity contribution in [3.05, 3.63) is 46.8 Å². The maximum Gasteiger partial charge on any atom is 0.276 e. The Labute approximate surface area is 127 Å². The zero-order chi connectivity index (χ0) is 15.9. The van der Waals surface area contributed by atoms with Gasteiger partial charge in [0.05, 0.1) is 11.4 Å². The van der Waals surface area contributed by atoms with Crippen LogP contribution in [-0.2, 0) is 13.0 Å². The molecule has 1 aromatic carbocycles. The van der Waals surface area contributed by atoms with Gasteiger partial charge in [-0.15, -0.1) is 0 Å². The molecular weight excluding hydrogens is 288 g/mol. The topological polar surface area (TPSA) is 38.1 Å². The molecule has 0 saturated carbocycles. The number of anilines is 1. The number of carbonyl (C=O) groups is 1. The highest BCUT2D eigenvalue weighted by Crippen LogP contribution is 2.30. The Kier molecular flexibility index (Phi) is 3.68. The molecule has 0 spiro atoms. The van der Waals surface area contributed by atoms with Crippen LogP contribution in [0, 0.1) is 18.6 Å². The van der Waals surface area contributed by atoms with Crippen LogP contribution < -0.4 is 4.90 Å². The summed E-state index contributed by atoms with van der Waals surface area (Å²) in [6.07, 6.45) is 1.37. The van der Waals surface area contributed by atoms with E-state index in [2.05, 4.69) is 5.10 Å². The van der Waals surface area contributed by atoms with Crippen LogP contribution in [0.5, 0.6) is 0 Å². The van der Waals surface area contributed by atoms with Crippen molar-refractivity contribution < 1.29 is 13.6 Å². The highest BCUT2D eigenvalue weighted by molar-refractivity contribution is 6.05. The molecule has 0 fully saturated rings. The summed E-state index contributed by atoms with van der Waals surface area (Å²) in [5, 5.41) is 4.27. The number of hydrogen-bond donors (Lipinski definition) is 0. The first-order valence-electron chi connectivity index (χ1n) is 7.35. The Hall–Kier alpha value is -2.24. The van der Waals surface area contributed by atoms with Crippen LogP contribution in [0.2, 0.25) is 0 Å². The summed E-state index contributed by atoms with van der Waals surface area (Å²) in [5.74, 6) is -2.03. The van der Waals surface area contributed by atoms with Crippen molar-refractivity contribution in [2.24, 2.45) is 0 Å². The molecule has 0 unspecified atom stereocenters. The molecule has 0 aliphatic carbocycles. The molecule has 6 heteroatoms. The normalized spacial score (nSPS) is 14.1. The minimum absolute atomic E-state index is 0.227. The van der Waals surface area contributed by atoms with Gasteiger partial charge in [0.25, 0.3) is 5.91 Å². The smallest absolute Gasteiger partial charge is 0.276 e. The highest BCUT2D eigenvalue weighted by atomic mass is 19.2. The molecule has 1 aliphatic rings. The van der Waals surface area contributed by atoms with E-state index in [1.807, 2.05) is 13.8 Å². The quantitative estimate of drug-likeness (QED) is 0.855. The number of benzene rings is 1. The molecule has 116 valence electrons. The number of nitrogens with zero attached hydrogens (tertiary/aromatic N) is 3. The summed E-state index contributed by atoms with van der Waals surface area (Å²) in [7, 11) is 0. The maximum absolute atomic E-state index is 13.6. The lowest BCUT2D eigenvalue weighted by atomic mass is 10.0. The Morgan fingerprint density at radius 2 is 2.00 bits per heavy atom. The lowest BCUT2D eigenvalue weighted by molar-refractivity contribution is 0.0974. The first kappa shape index (κ1) is 14.7. The third-order valence-electron chi connectivity index (χ3n) is 3.91. The van der Waals surface area contributed by atoms with Crippen LogP contribution in [0.15, 0.2) is 18.2 Å². The zero-order valence-electron chi connectivity index (χ0n) is 12.6. The molecule has 1 aromatic heterocycles. The summed E-state index contributed by atoms with van der Waals surface area (Å²) < 4.78 is 28.6. The predicted molar refractivity (Wildman–Crippen MR) is 79.0 cm³/mol. The van der Waals surface area contributed by atoms with Gasteiger partial charge in [0, 0.05) is 19.2 Å². The van der Waals surface area contributed by atoms with E-state index in [0.29, 0.717) is 36.5 Å². The van der Waals surface area contributed by atoms with Gasteiger partial charge in [-0.3, -0.25) is 9.48 Å². The number of rotatable bonds is 2. The third kappa shape index (κ3) is 2.38. The van der Waals surface area contributed by atoms with Crippen molar-refractivity contribution in [3.8, 4) is 0 Å². The molecule has 2 heterocycles. The summed E-state index contributed by atoms with van der Waals surface area (Å²) in [5.41, 5.74) is 2.35. The summed E-state index contributed by atoms with van der Waals surface area (Å²) in [6.45, 7) is 4.79. The molecule has 0 bridgehead atoms. The maximum atomic E-state index is 13.6. The van der Waals surface area contributed by atoms with Crippen LogP contribution in [0.1, 0.15) is 35.1 Å². The predicted octanol–water partition coefficient (Wildman–Crippen LogP) is 3.08. The third-order valence-corrected chi connectivity index (χ3v) is 3.91. The Bertz CT molecular complexity index is 739.